The first-order chi connectivity index (χ1) is 11.0. The number of aromatic nitrogens is 1. The number of halogens is 2. The lowest BCUT2D eigenvalue weighted by Crippen LogP contribution is -2.42. The van der Waals surface area contributed by atoms with Crippen molar-refractivity contribution in [3.05, 3.63) is 16.1 Å². The molecule has 0 aliphatic carbocycles. The van der Waals surface area contributed by atoms with Crippen molar-refractivity contribution in [2.45, 2.75) is 45.4 Å². The summed E-state index contributed by atoms with van der Waals surface area (Å²) >= 11 is 1.69. The molecule has 3 rings (SSSR count). The van der Waals surface area contributed by atoms with Crippen LogP contribution in [0.1, 0.15) is 30.3 Å². The summed E-state index contributed by atoms with van der Waals surface area (Å²) < 4.78 is 14.0. The van der Waals surface area contributed by atoms with Crippen LogP contribution in [-0.4, -0.2) is 66.8 Å². The fourth-order valence-electron chi connectivity index (χ4n) is 4.05. The Labute approximate surface area is 155 Å². The van der Waals surface area contributed by atoms with E-state index in [-0.39, 0.29) is 12.4 Å². The predicted octanol–water partition coefficient (Wildman–Crippen LogP) is 2.72. The molecule has 4 nitrogen and oxygen atoms in total. The normalized spacial score (nSPS) is 30.9. The van der Waals surface area contributed by atoms with Gasteiger partial charge in [-0.2, -0.15) is 0 Å². The predicted molar refractivity (Wildman–Crippen MR) is 101 cm³/mol. The minimum absolute atomic E-state index is 0. The van der Waals surface area contributed by atoms with Gasteiger partial charge in [0, 0.05) is 43.6 Å². The average molecular weight is 377 g/mol. The van der Waals surface area contributed by atoms with Crippen molar-refractivity contribution in [2.24, 2.45) is 5.41 Å². The maximum atomic E-state index is 14.0. The molecule has 0 amide bonds. The molecule has 2 fully saturated rings. The van der Waals surface area contributed by atoms with E-state index in [4.69, 9.17) is 0 Å². The number of nitrogens with zero attached hydrogens (tertiary/aromatic N) is 3. The molecule has 3 heterocycles. The van der Waals surface area contributed by atoms with Gasteiger partial charge < -0.3 is 10.2 Å². The third-order valence-corrected chi connectivity index (χ3v) is 6.22. The van der Waals surface area contributed by atoms with Crippen LogP contribution in [-0.2, 0) is 6.54 Å². The van der Waals surface area contributed by atoms with Gasteiger partial charge in [0.2, 0.25) is 0 Å². The molecule has 1 aromatic heterocycles. The molecular weight excluding hydrogens is 347 g/mol. The van der Waals surface area contributed by atoms with Gasteiger partial charge in [0.15, 0.2) is 0 Å². The Morgan fingerprint density at radius 3 is 2.96 bits per heavy atom. The van der Waals surface area contributed by atoms with E-state index in [9.17, 15) is 4.39 Å². The molecule has 1 aromatic rings. The van der Waals surface area contributed by atoms with E-state index in [1.165, 1.54) is 11.3 Å². The molecule has 0 radical (unpaired) electrons. The number of likely N-dealkylation sites (N-methyl/N-ethyl adjacent to an activating group) is 1. The Morgan fingerprint density at radius 1 is 1.54 bits per heavy atom. The van der Waals surface area contributed by atoms with Crippen molar-refractivity contribution < 1.29 is 4.39 Å². The Morgan fingerprint density at radius 2 is 2.33 bits per heavy atom. The molecule has 2 aliphatic heterocycles. The zero-order valence-corrected chi connectivity index (χ0v) is 16.6. The lowest BCUT2D eigenvalue weighted by Gasteiger charge is -2.33. The van der Waals surface area contributed by atoms with Crippen molar-refractivity contribution in [1.29, 1.82) is 0 Å². The van der Waals surface area contributed by atoms with Gasteiger partial charge in [0.25, 0.3) is 0 Å². The van der Waals surface area contributed by atoms with Crippen molar-refractivity contribution in [2.75, 3.05) is 39.8 Å². The number of likely N-dealkylation sites (tertiary alicyclic amines) is 1. The molecule has 138 valence electrons. The van der Waals surface area contributed by atoms with Crippen LogP contribution in [0.5, 0.6) is 0 Å². The van der Waals surface area contributed by atoms with E-state index in [1.807, 2.05) is 12.4 Å². The van der Waals surface area contributed by atoms with Gasteiger partial charge in [-0.1, -0.05) is 6.92 Å². The van der Waals surface area contributed by atoms with Crippen molar-refractivity contribution in [3.63, 3.8) is 0 Å². The average Bonchev–Trinajstić information content (AvgIpc) is 3.14. The zero-order chi connectivity index (χ0) is 16.4. The lowest BCUT2D eigenvalue weighted by atomic mass is 9.89. The van der Waals surface area contributed by atoms with Gasteiger partial charge in [0.05, 0.1) is 11.2 Å². The summed E-state index contributed by atoms with van der Waals surface area (Å²) in [5, 5.41) is 3.46. The summed E-state index contributed by atoms with van der Waals surface area (Å²) in [4.78, 5) is 10.3. The molecule has 3 atom stereocenters. The topological polar surface area (TPSA) is 31.4 Å². The summed E-state index contributed by atoms with van der Waals surface area (Å²) in [6, 6.07) is 0.314. The highest BCUT2D eigenvalue weighted by Crippen LogP contribution is 2.28. The summed E-state index contributed by atoms with van der Waals surface area (Å²) in [6.07, 6.45) is 1.21. The molecule has 7 heteroatoms. The maximum Gasteiger partial charge on any atom is 0.114 e. The minimum Gasteiger partial charge on any atom is -0.316 e. The monoisotopic (exact) mass is 376 g/mol. The minimum atomic E-state index is -0.689. The van der Waals surface area contributed by atoms with Gasteiger partial charge in [-0.05, 0) is 38.8 Å². The number of hydrogen-bond acceptors (Lipinski definition) is 5. The van der Waals surface area contributed by atoms with Crippen LogP contribution >= 0.6 is 23.7 Å². The smallest absolute Gasteiger partial charge is 0.114 e. The Hall–Kier alpha value is -0.270. The molecule has 2 aliphatic rings. The van der Waals surface area contributed by atoms with Crippen LogP contribution in [0.4, 0.5) is 4.39 Å². The van der Waals surface area contributed by atoms with Crippen LogP contribution in [0.15, 0.2) is 5.51 Å². The third kappa shape index (κ3) is 4.88. The number of thiazole rings is 1. The van der Waals surface area contributed by atoms with Crippen molar-refractivity contribution >= 4 is 23.7 Å². The molecule has 0 aromatic carbocycles. The number of nitrogens with one attached hydrogen (secondary N) is 1. The highest BCUT2D eigenvalue weighted by atomic mass is 35.5. The number of alkyl halides is 1. The fourth-order valence-corrected chi connectivity index (χ4v) is 4.85. The molecule has 24 heavy (non-hydrogen) atoms. The second-order valence-electron chi connectivity index (χ2n) is 7.71. The van der Waals surface area contributed by atoms with Crippen LogP contribution < -0.4 is 5.32 Å². The van der Waals surface area contributed by atoms with Gasteiger partial charge in [-0.15, -0.1) is 23.7 Å². The molecule has 2 saturated heterocycles. The second kappa shape index (κ2) is 8.41. The zero-order valence-electron chi connectivity index (χ0n) is 14.9. The van der Waals surface area contributed by atoms with Gasteiger partial charge in [-0.25, -0.2) is 9.37 Å². The number of hydrogen-bond donors (Lipinski definition) is 1. The van der Waals surface area contributed by atoms with Crippen LogP contribution in [0.2, 0.25) is 0 Å². The second-order valence-corrected chi connectivity index (χ2v) is 8.65. The van der Waals surface area contributed by atoms with E-state index in [2.05, 4.69) is 34.1 Å². The van der Waals surface area contributed by atoms with Crippen LogP contribution in [0.25, 0.3) is 0 Å². The first-order valence-electron chi connectivity index (χ1n) is 8.61. The number of rotatable bonds is 6. The summed E-state index contributed by atoms with van der Waals surface area (Å²) in [7, 11) is 2.19. The molecule has 0 saturated carbocycles. The highest BCUT2D eigenvalue weighted by molar-refractivity contribution is 7.09. The van der Waals surface area contributed by atoms with Gasteiger partial charge in [-0.3, -0.25) is 4.90 Å². The van der Waals surface area contributed by atoms with Crippen molar-refractivity contribution in [1.82, 2.24) is 20.1 Å². The standard InChI is InChI=1S/C17H29FN4S.ClH/c1-13-16(23-12-20-13)9-22-7-14(18)6-15(22)8-21(3)11-17(2)4-5-19-10-17;/h12,14-15,19H,4-11H2,1-3H3;1H/t14-,15-,17?;/m0./s1. The van der Waals surface area contributed by atoms with E-state index in [0.29, 0.717) is 24.4 Å². The van der Waals surface area contributed by atoms with E-state index in [1.54, 1.807) is 11.3 Å². The van der Waals surface area contributed by atoms with E-state index >= 15 is 0 Å². The van der Waals surface area contributed by atoms with Crippen molar-refractivity contribution in [3.8, 4) is 0 Å². The molecule has 0 bridgehead atoms. The summed E-state index contributed by atoms with van der Waals surface area (Å²) in [5.41, 5.74) is 3.35. The van der Waals surface area contributed by atoms with Crippen LogP contribution in [0, 0.1) is 12.3 Å². The Kier molecular flexibility index (Phi) is 7.02. The Bertz CT molecular complexity index is 520. The van der Waals surface area contributed by atoms with E-state index in [0.717, 1.165) is 38.4 Å². The van der Waals surface area contributed by atoms with Crippen LogP contribution in [0.3, 0.4) is 0 Å². The fraction of sp³-hybridized carbons (Fsp3) is 0.824. The molecule has 1 unspecified atom stereocenters. The first-order valence-corrected chi connectivity index (χ1v) is 9.49. The lowest BCUT2D eigenvalue weighted by molar-refractivity contribution is 0.149. The Balaban J connectivity index is 0.00000208. The summed E-state index contributed by atoms with van der Waals surface area (Å²) in [5.74, 6) is 0. The quantitative estimate of drug-likeness (QED) is 0.827. The van der Waals surface area contributed by atoms with Gasteiger partial charge in [0.1, 0.15) is 6.17 Å². The molecule has 0 spiro atoms. The number of aryl methyl sites for hydroxylation is 1. The highest BCUT2D eigenvalue weighted by Gasteiger charge is 2.35. The molecular formula is C17H30ClFN4S. The maximum absolute atomic E-state index is 14.0. The largest absolute Gasteiger partial charge is 0.316 e. The molecule has 1 N–H and O–H groups in total. The van der Waals surface area contributed by atoms with E-state index < -0.39 is 6.17 Å². The first kappa shape index (κ1) is 20.0. The summed E-state index contributed by atoms with van der Waals surface area (Å²) in [6.45, 7) is 10.1. The third-order valence-electron chi connectivity index (χ3n) is 5.30. The SMILES string of the molecule is Cc1ncsc1CN1C[C@@H](F)C[C@H]1CN(C)CC1(C)CCNC1.Cl. The van der Waals surface area contributed by atoms with Gasteiger partial charge >= 0.3 is 0 Å².